The molecule has 0 spiro atoms. The quantitative estimate of drug-likeness (QED) is 0.799. The number of rotatable bonds is 4. The van der Waals surface area contributed by atoms with E-state index in [0.29, 0.717) is 11.7 Å². The molecular formula is C13H23N5O. The van der Waals surface area contributed by atoms with Crippen LogP contribution in [0.3, 0.4) is 0 Å². The Kier molecular flexibility index (Phi) is 4.90. The van der Waals surface area contributed by atoms with Gasteiger partial charge < -0.3 is 11.1 Å². The van der Waals surface area contributed by atoms with Crippen LogP contribution < -0.4 is 11.1 Å². The fraction of sp³-hybridized carbons (Fsp3) is 0.769. The number of carbonyl (C=O) groups is 1. The summed E-state index contributed by atoms with van der Waals surface area (Å²) in [6.45, 7) is 2.07. The van der Waals surface area contributed by atoms with Gasteiger partial charge in [0.2, 0.25) is 5.91 Å². The van der Waals surface area contributed by atoms with Crippen LogP contribution in [0.2, 0.25) is 0 Å². The van der Waals surface area contributed by atoms with Crippen molar-refractivity contribution in [3.05, 3.63) is 11.9 Å². The van der Waals surface area contributed by atoms with Gasteiger partial charge in [-0.25, -0.2) is 4.68 Å². The van der Waals surface area contributed by atoms with Crippen molar-refractivity contribution in [2.45, 2.75) is 64.1 Å². The molecule has 0 aromatic carbocycles. The van der Waals surface area contributed by atoms with Crippen molar-refractivity contribution in [2.75, 3.05) is 0 Å². The maximum absolute atomic E-state index is 11.9. The first-order chi connectivity index (χ1) is 9.15. The Bertz CT molecular complexity index is 407. The van der Waals surface area contributed by atoms with Gasteiger partial charge in [0, 0.05) is 12.1 Å². The third kappa shape index (κ3) is 4.31. The molecule has 0 bridgehead atoms. The summed E-state index contributed by atoms with van der Waals surface area (Å²) in [5.74, 6) is 0.00743. The Morgan fingerprint density at radius 1 is 1.47 bits per heavy atom. The smallest absolute Gasteiger partial charge is 0.242 e. The van der Waals surface area contributed by atoms with Crippen LogP contribution in [-0.2, 0) is 11.3 Å². The molecule has 1 amide bonds. The third-order valence-electron chi connectivity index (χ3n) is 3.55. The van der Waals surface area contributed by atoms with Gasteiger partial charge in [-0.05, 0) is 19.8 Å². The molecule has 1 aliphatic rings. The van der Waals surface area contributed by atoms with Crippen LogP contribution in [0.5, 0.6) is 0 Å². The predicted molar refractivity (Wildman–Crippen MR) is 72.3 cm³/mol. The molecule has 1 atom stereocenters. The first-order valence-electron chi connectivity index (χ1n) is 7.10. The highest BCUT2D eigenvalue weighted by Gasteiger charge is 2.15. The highest BCUT2D eigenvalue weighted by atomic mass is 16.2. The van der Waals surface area contributed by atoms with Crippen molar-refractivity contribution >= 4 is 5.91 Å². The molecule has 106 valence electrons. The molecule has 6 nitrogen and oxygen atoms in total. The molecule has 1 fully saturated rings. The zero-order chi connectivity index (χ0) is 13.7. The Morgan fingerprint density at radius 2 is 2.16 bits per heavy atom. The lowest BCUT2D eigenvalue weighted by Gasteiger charge is -2.15. The Morgan fingerprint density at radius 3 is 2.74 bits per heavy atom. The summed E-state index contributed by atoms with van der Waals surface area (Å²) in [6.07, 6.45) is 8.91. The second-order valence-electron chi connectivity index (χ2n) is 5.39. The Hall–Kier alpha value is -1.43. The van der Waals surface area contributed by atoms with Crippen LogP contribution in [0.1, 0.15) is 57.2 Å². The SMILES string of the molecule is CC(N)c1cn(CC(=O)NC2CCCCCC2)nn1. The average molecular weight is 265 g/mol. The number of hydrogen-bond donors (Lipinski definition) is 2. The Labute approximate surface area is 113 Å². The number of aromatic nitrogens is 3. The molecular weight excluding hydrogens is 242 g/mol. The van der Waals surface area contributed by atoms with E-state index in [4.69, 9.17) is 5.73 Å². The van der Waals surface area contributed by atoms with Gasteiger partial charge in [-0.1, -0.05) is 30.9 Å². The number of nitrogens with one attached hydrogen (secondary N) is 1. The predicted octanol–water partition coefficient (Wildman–Crippen LogP) is 1.14. The number of carbonyl (C=O) groups excluding carboxylic acids is 1. The summed E-state index contributed by atoms with van der Waals surface area (Å²) in [4.78, 5) is 11.9. The van der Waals surface area contributed by atoms with Crippen LogP contribution in [0.25, 0.3) is 0 Å². The van der Waals surface area contributed by atoms with Crippen molar-refractivity contribution < 1.29 is 4.79 Å². The van der Waals surface area contributed by atoms with E-state index in [1.54, 1.807) is 10.9 Å². The van der Waals surface area contributed by atoms with Gasteiger partial charge in [-0.2, -0.15) is 0 Å². The molecule has 3 N–H and O–H groups in total. The fourth-order valence-electron chi connectivity index (χ4n) is 2.44. The largest absolute Gasteiger partial charge is 0.352 e. The van der Waals surface area contributed by atoms with Gasteiger partial charge >= 0.3 is 0 Å². The first kappa shape index (κ1) is 14.0. The lowest BCUT2D eigenvalue weighted by molar-refractivity contribution is -0.122. The molecule has 1 aromatic heterocycles. The van der Waals surface area contributed by atoms with Crippen molar-refractivity contribution in [1.29, 1.82) is 0 Å². The summed E-state index contributed by atoms with van der Waals surface area (Å²) < 4.78 is 1.55. The Balaban J connectivity index is 1.82. The standard InChI is InChI=1S/C13H23N5O/c1-10(14)12-8-18(17-16-12)9-13(19)15-11-6-4-2-3-5-7-11/h8,10-11H,2-7,9,14H2,1H3,(H,15,19). The topological polar surface area (TPSA) is 85.8 Å². The summed E-state index contributed by atoms with van der Waals surface area (Å²) in [6, 6.07) is 0.171. The molecule has 1 aliphatic carbocycles. The maximum Gasteiger partial charge on any atom is 0.242 e. The normalized spacial score (nSPS) is 18.8. The molecule has 0 radical (unpaired) electrons. The highest BCUT2D eigenvalue weighted by molar-refractivity contribution is 5.75. The summed E-state index contributed by atoms with van der Waals surface area (Å²) in [5, 5.41) is 10.9. The molecule has 6 heteroatoms. The van der Waals surface area contributed by atoms with Crippen molar-refractivity contribution in [1.82, 2.24) is 20.3 Å². The molecule has 2 rings (SSSR count). The van der Waals surface area contributed by atoms with Gasteiger partial charge in [0.15, 0.2) is 0 Å². The van der Waals surface area contributed by atoms with Crippen LogP contribution in [0, 0.1) is 0 Å². The minimum absolute atomic E-state index is 0.00743. The summed E-state index contributed by atoms with van der Waals surface area (Å²) >= 11 is 0. The van der Waals surface area contributed by atoms with Gasteiger partial charge in [0.1, 0.15) is 6.54 Å². The second kappa shape index (κ2) is 6.65. The van der Waals surface area contributed by atoms with Crippen LogP contribution >= 0.6 is 0 Å². The number of hydrogen-bond acceptors (Lipinski definition) is 4. The first-order valence-corrected chi connectivity index (χ1v) is 7.10. The van der Waals surface area contributed by atoms with E-state index in [1.165, 1.54) is 25.7 Å². The lowest BCUT2D eigenvalue weighted by atomic mass is 10.1. The molecule has 19 heavy (non-hydrogen) atoms. The molecule has 1 heterocycles. The van der Waals surface area contributed by atoms with Crippen molar-refractivity contribution in [3.63, 3.8) is 0 Å². The summed E-state index contributed by atoms with van der Waals surface area (Å²) in [5.41, 5.74) is 6.42. The molecule has 1 aromatic rings. The van der Waals surface area contributed by atoms with Crippen LogP contribution in [-0.4, -0.2) is 26.9 Å². The minimum Gasteiger partial charge on any atom is -0.352 e. The van der Waals surface area contributed by atoms with E-state index in [-0.39, 0.29) is 18.5 Å². The van der Waals surface area contributed by atoms with Gasteiger partial charge in [-0.3, -0.25) is 4.79 Å². The molecule has 1 saturated carbocycles. The lowest BCUT2D eigenvalue weighted by Crippen LogP contribution is -2.36. The van der Waals surface area contributed by atoms with E-state index in [0.717, 1.165) is 12.8 Å². The zero-order valence-corrected chi connectivity index (χ0v) is 11.5. The molecule has 1 unspecified atom stereocenters. The van der Waals surface area contributed by atoms with E-state index in [2.05, 4.69) is 15.6 Å². The fourth-order valence-corrected chi connectivity index (χ4v) is 2.44. The van der Waals surface area contributed by atoms with Gasteiger partial charge in [0.25, 0.3) is 0 Å². The highest BCUT2D eigenvalue weighted by Crippen LogP contribution is 2.17. The minimum atomic E-state index is -0.154. The summed E-state index contributed by atoms with van der Waals surface area (Å²) in [7, 11) is 0. The van der Waals surface area contributed by atoms with E-state index < -0.39 is 0 Å². The zero-order valence-electron chi connectivity index (χ0n) is 11.5. The average Bonchev–Trinajstić information content (AvgIpc) is 2.67. The number of nitrogens with zero attached hydrogens (tertiary/aromatic N) is 3. The van der Waals surface area contributed by atoms with Gasteiger partial charge in [-0.15, -0.1) is 5.10 Å². The molecule has 0 aliphatic heterocycles. The number of amides is 1. The van der Waals surface area contributed by atoms with E-state index >= 15 is 0 Å². The van der Waals surface area contributed by atoms with E-state index in [1.807, 2.05) is 6.92 Å². The molecule has 0 saturated heterocycles. The second-order valence-corrected chi connectivity index (χ2v) is 5.39. The van der Waals surface area contributed by atoms with Crippen molar-refractivity contribution in [3.8, 4) is 0 Å². The third-order valence-corrected chi connectivity index (χ3v) is 3.55. The van der Waals surface area contributed by atoms with Gasteiger partial charge in [0.05, 0.1) is 11.9 Å². The monoisotopic (exact) mass is 265 g/mol. The van der Waals surface area contributed by atoms with E-state index in [9.17, 15) is 4.79 Å². The number of nitrogens with two attached hydrogens (primary N) is 1. The van der Waals surface area contributed by atoms with Crippen LogP contribution in [0.4, 0.5) is 0 Å². The van der Waals surface area contributed by atoms with Crippen molar-refractivity contribution in [2.24, 2.45) is 5.73 Å². The van der Waals surface area contributed by atoms with Crippen LogP contribution in [0.15, 0.2) is 6.20 Å². The maximum atomic E-state index is 11.9.